The maximum absolute atomic E-state index is 10.9. The van der Waals surface area contributed by atoms with Gasteiger partial charge in [0.1, 0.15) is 67.9 Å². The summed E-state index contributed by atoms with van der Waals surface area (Å²) in [6.07, 6.45) is 16.5. The van der Waals surface area contributed by atoms with Gasteiger partial charge in [0.05, 0.1) is 136 Å². The van der Waals surface area contributed by atoms with Crippen LogP contribution in [0.5, 0.6) is 0 Å². The number of aliphatic hydroxyl groups is 12. The van der Waals surface area contributed by atoms with Crippen LogP contribution in [0.1, 0.15) is 349 Å². The molecular formula is C100H215N3O43. The molecule has 0 radical (unpaired) electrons. The molecule has 0 bridgehead atoms. The van der Waals surface area contributed by atoms with Gasteiger partial charge in [-0.25, -0.2) is 4.79 Å². The van der Waals surface area contributed by atoms with Gasteiger partial charge in [-0.2, -0.15) is 0 Å². The lowest BCUT2D eigenvalue weighted by atomic mass is 10.0. The van der Waals surface area contributed by atoms with Gasteiger partial charge in [-0.15, -0.1) is 0 Å². The number of esters is 12. The van der Waals surface area contributed by atoms with Gasteiger partial charge >= 0.3 is 71.6 Å². The molecule has 146 heavy (non-hydrogen) atoms. The zero-order valence-electron chi connectivity index (χ0n) is 96.3. The molecule has 46 nitrogen and oxygen atoms in total. The third-order valence-corrected chi connectivity index (χ3v) is 11.4. The molecule has 0 spiro atoms. The predicted molar refractivity (Wildman–Crippen MR) is 557 cm³/mol. The van der Waals surface area contributed by atoms with Crippen LogP contribution >= 0.6 is 0 Å². The molecular weight excluding hydrogens is 1930 g/mol. The van der Waals surface area contributed by atoms with E-state index in [-0.39, 0.29) is 151 Å². The molecule has 1 amide bonds. The van der Waals surface area contributed by atoms with Crippen molar-refractivity contribution < 1.29 is 209 Å². The van der Waals surface area contributed by atoms with Crippen LogP contribution in [0.2, 0.25) is 0 Å². The number of aliphatic hydroxyl groups excluding tert-OH is 12. The first-order valence-corrected chi connectivity index (χ1v) is 51.1. The Labute approximate surface area is 878 Å². The van der Waals surface area contributed by atoms with Crippen LogP contribution in [0.25, 0.3) is 0 Å². The zero-order valence-corrected chi connectivity index (χ0v) is 96.3. The average molecular weight is 2150 g/mol. The van der Waals surface area contributed by atoms with E-state index in [1.54, 1.807) is 23.6 Å². The Morgan fingerprint density at radius 2 is 0.541 bits per heavy atom. The Balaban J connectivity index is -0.0000000696. The van der Waals surface area contributed by atoms with E-state index in [0.29, 0.717) is 78.9 Å². The second kappa shape index (κ2) is 180. The molecule has 6 aliphatic heterocycles. The molecule has 6 aliphatic rings. The summed E-state index contributed by atoms with van der Waals surface area (Å²) < 4.78 is 81.5. The minimum Gasteiger partial charge on any atom is -0.400 e. The number of amides is 1. The first-order chi connectivity index (χ1) is 69.8. The van der Waals surface area contributed by atoms with Crippen molar-refractivity contribution >= 4 is 77.5 Å². The molecule has 0 aromatic heterocycles. The summed E-state index contributed by atoms with van der Waals surface area (Å²) in [5.41, 5.74) is 0. The topological polar surface area (TPSA) is 649 Å². The van der Waals surface area contributed by atoms with E-state index in [0.717, 1.165) is 26.6 Å². The van der Waals surface area contributed by atoms with Crippen LogP contribution < -0.4 is 5.32 Å². The number of hydrogen-bond donors (Lipinski definition) is 13. The van der Waals surface area contributed by atoms with Crippen molar-refractivity contribution in [3.8, 4) is 0 Å². The second-order valence-corrected chi connectivity index (χ2v) is 28.4. The number of hydrogen-bond acceptors (Lipinski definition) is 45. The Kier molecular flexibility index (Phi) is 227. The van der Waals surface area contributed by atoms with Gasteiger partial charge < -0.3 is 152 Å². The monoisotopic (exact) mass is 2150 g/mol. The predicted octanol–water partition coefficient (Wildman–Crippen LogP) is 11.0. The normalized spacial score (nSPS) is 13.8. The highest BCUT2D eigenvalue weighted by Gasteiger charge is 2.35. The first-order valence-electron chi connectivity index (χ1n) is 51.1. The molecule has 0 aromatic carbocycles. The van der Waals surface area contributed by atoms with E-state index < -0.39 is 110 Å². The van der Waals surface area contributed by atoms with Crippen molar-refractivity contribution in [3.63, 3.8) is 0 Å². The summed E-state index contributed by atoms with van der Waals surface area (Å²) in [4.78, 5) is 142. The lowest BCUT2D eigenvalue weighted by Gasteiger charge is -2.23. The minimum absolute atomic E-state index is 0.00143. The fourth-order valence-corrected chi connectivity index (χ4v) is 6.94. The van der Waals surface area contributed by atoms with Gasteiger partial charge in [-0.3, -0.25) is 67.3 Å². The smallest absolute Gasteiger partial charge is 0.343 e. The molecule has 0 saturated carbocycles. The molecule has 6 rings (SSSR count). The van der Waals surface area contributed by atoms with Crippen molar-refractivity contribution in [2.75, 3.05) is 207 Å². The van der Waals surface area contributed by atoms with Crippen molar-refractivity contribution in [2.45, 2.75) is 362 Å². The molecule has 6 fully saturated rings. The third kappa shape index (κ3) is 206. The SMILES string of the molecule is CC.CCC.CCC.CCC.CCC.CCC.CCC.CCC.CCC.CCC.CCC.CCC.CCC.CCC(=O)NCCOCO.CCCOCCOCO.CCCOCO.CCO.CCOCO.CO.O=C1CC(COCO)C(=O)O1.O=C1CC(COCO)CC(=O)O1.O=C1CC(OCO)C(=O)O1.O=C1CC(OCO)CC(=O)O1.O=C1CN(CCOCCOCO)CC(=O)O1.O=C1CN(CCOCO)CC(=O)O1. The quantitative estimate of drug-likeness (QED) is 0.00903. The standard InChI is InChI=1S/C9H15NO6.C7H11NO5.C7H10O5.C6H13NO3.2C6H8O5.C6H14O3.C5H6O5.C4H10O2.C3H8O2.12C3H8.C2H6O.C2H6.CH4O/c11-7-15-4-3-14-2-1-10-5-8(12)16-9(13)6-10;9-5-12-2-1-8-3-6(10)13-7(11)4-8;8-4-11-3-5-1-6(9)12-7(10)2-5;1-2-6(9)7-3-4-10-5-8;7-3-10-2-4-1-5(8)11-6(4)9;7-3-10-4-1-5(8)11-6(9)2-4;1-2-3-8-4-5-9-6-7;6-2-9-3-1-4(7)10-5(3)8;1-2-3-6-4-5;1-2-5-3-4;12*1-3-2;1-2-3;2*1-2/h11H,1-7H2;9H,1-5H2;5,8H,1-4H2;8H,2-5H2,1H3,(H,7,9);2*4,7H,1-3H2;7H,2-6H2,1H3;3,6H,1-2H2;5H,2-4H2,1H3;4H,2-3H2,1H3;12*3H2,1-2H3;3H,2H2,1H3;1-2H3;2H,1H3. The van der Waals surface area contributed by atoms with Crippen LogP contribution in [-0.2, 0) is 148 Å². The van der Waals surface area contributed by atoms with E-state index >= 15 is 0 Å². The molecule has 6 heterocycles. The van der Waals surface area contributed by atoms with Crippen molar-refractivity contribution in [2.24, 2.45) is 11.8 Å². The van der Waals surface area contributed by atoms with E-state index in [1.165, 1.54) is 77.0 Å². The number of nitrogens with zero attached hydrogens (tertiary/aromatic N) is 2. The summed E-state index contributed by atoms with van der Waals surface area (Å²) in [6, 6.07) is 0. The van der Waals surface area contributed by atoms with Gasteiger partial charge in [0, 0.05) is 65.5 Å². The lowest BCUT2D eigenvalue weighted by Crippen LogP contribution is -2.44. The van der Waals surface area contributed by atoms with Crippen LogP contribution in [0.3, 0.4) is 0 Å². The number of ether oxygens (including phenoxy) is 18. The largest absolute Gasteiger partial charge is 0.400 e. The van der Waals surface area contributed by atoms with Crippen molar-refractivity contribution in [1.29, 1.82) is 0 Å². The number of nitrogens with one attached hydrogen (secondary N) is 1. The Morgan fingerprint density at radius 3 is 0.808 bits per heavy atom. The maximum Gasteiger partial charge on any atom is 0.343 e. The summed E-state index contributed by atoms with van der Waals surface area (Å²) in [7, 11) is 1.00. The number of cyclic esters (lactones) is 12. The van der Waals surface area contributed by atoms with Crippen LogP contribution in [0.4, 0.5) is 0 Å². The molecule has 46 heteroatoms. The number of morpholine rings is 2. The summed E-state index contributed by atoms with van der Waals surface area (Å²) in [5, 5.41) is 98.9. The van der Waals surface area contributed by atoms with Gasteiger partial charge in [0.15, 0.2) is 6.10 Å². The second-order valence-electron chi connectivity index (χ2n) is 28.4. The minimum atomic E-state index is -0.905. The highest BCUT2D eigenvalue weighted by molar-refractivity contribution is 5.96. The van der Waals surface area contributed by atoms with Crippen LogP contribution in [-0.4, -0.2) is 368 Å². The molecule has 0 aromatic rings. The third-order valence-electron chi connectivity index (χ3n) is 11.4. The molecule has 0 aliphatic carbocycles. The fourth-order valence-electron chi connectivity index (χ4n) is 6.94. The number of carbonyl (C=O) groups is 13. The highest BCUT2D eigenvalue weighted by Crippen LogP contribution is 2.18. The Bertz CT molecular complexity index is 2420. The lowest BCUT2D eigenvalue weighted by molar-refractivity contribution is -0.173. The van der Waals surface area contributed by atoms with Gasteiger partial charge in [0.2, 0.25) is 5.91 Å². The van der Waals surface area contributed by atoms with Crippen LogP contribution in [0, 0.1) is 11.8 Å². The molecule has 2 unspecified atom stereocenters. The summed E-state index contributed by atoms with van der Waals surface area (Å²) in [5.74, 6) is -7.47. The molecule has 888 valence electrons. The van der Waals surface area contributed by atoms with E-state index in [1.807, 2.05) is 34.6 Å². The molecule has 2 atom stereocenters. The summed E-state index contributed by atoms with van der Waals surface area (Å²) in [6.45, 7) is 68.1. The van der Waals surface area contributed by atoms with Gasteiger partial charge in [0.25, 0.3) is 0 Å². The van der Waals surface area contributed by atoms with E-state index in [4.69, 9.17) is 70.8 Å². The van der Waals surface area contributed by atoms with E-state index in [9.17, 15) is 62.3 Å². The van der Waals surface area contributed by atoms with Crippen molar-refractivity contribution in [1.82, 2.24) is 15.1 Å². The fraction of sp³-hybridized carbons (Fsp3) is 0.870. The highest BCUT2D eigenvalue weighted by atomic mass is 16.7. The average Bonchev–Trinajstić information content (AvgIpc) is 1.78. The first kappa shape index (κ1) is 184. The Hall–Kier alpha value is -6.73. The molecule has 13 N–H and O–H groups in total. The number of carbonyl (C=O) groups excluding carboxylic acids is 13. The number of rotatable bonds is 37. The van der Waals surface area contributed by atoms with Crippen molar-refractivity contribution in [3.05, 3.63) is 0 Å². The van der Waals surface area contributed by atoms with E-state index in [2.05, 4.69) is 247 Å². The Morgan fingerprint density at radius 1 is 0.288 bits per heavy atom. The molecule has 6 saturated heterocycles. The zero-order chi connectivity index (χ0) is 117. The van der Waals surface area contributed by atoms with Gasteiger partial charge in [-0.05, 0) is 26.7 Å². The van der Waals surface area contributed by atoms with Gasteiger partial charge in [-0.1, -0.05) is 278 Å². The summed E-state index contributed by atoms with van der Waals surface area (Å²) >= 11 is 0. The van der Waals surface area contributed by atoms with Crippen LogP contribution in [0.15, 0.2) is 0 Å². The maximum atomic E-state index is 10.9.